The van der Waals surface area contributed by atoms with Gasteiger partial charge in [0.1, 0.15) is 11.8 Å². The van der Waals surface area contributed by atoms with Gasteiger partial charge >= 0.3 is 0 Å². The number of carbonyl (C=O) groups excluding carboxylic acids is 1. The Bertz CT molecular complexity index is 782. The first-order valence-corrected chi connectivity index (χ1v) is 7.56. The molecule has 0 saturated heterocycles. The number of carbonyl (C=O) groups is 1. The van der Waals surface area contributed by atoms with Gasteiger partial charge in [-0.1, -0.05) is 34.1 Å². The van der Waals surface area contributed by atoms with Crippen LogP contribution in [0, 0.1) is 11.3 Å². The summed E-state index contributed by atoms with van der Waals surface area (Å²) < 4.78 is 6.06. The van der Waals surface area contributed by atoms with E-state index in [1.165, 1.54) is 0 Å². The van der Waals surface area contributed by atoms with Crippen LogP contribution in [0.4, 0.5) is 0 Å². The lowest BCUT2D eigenvalue weighted by molar-refractivity contribution is 0.0740. The average Bonchev–Trinajstić information content (AvgIpc) is 2.85. The van der Waals surface area contributed by atoms with Crippen LogP contribution in [0.3, 0.4) is 0 Å². The highest BCUT2D eigenvalue weighted by molar-refractivity contribution is 9.10. The number of halogens is 1. The molecule has 4 nitrogen and oxygen atoms in total. The normalized spacial score (nSPS) is 14.4. The predicted octanol–water partition coefficient (Wildman–Crippen LogP) is 3.68. The Hall–Kier alpha value is -2.32. The van der Waals surface area contributed by atoms with Gasteiger partial charge in [0, 0.05) is 16.6 Å². The van der Waals surface area contributed by atoms with Crippen LogP contribution in [0.5, 0.6) is 5.75 Å². The lowest BCUT2D eigenvalue weighted by atomic mass is 10.1. The van der Waals surface area contributed by atoms with Crippen molar-refractivity contribution in [3.63, 3.8) is 0 Å². The Labute approximate surface area is 137 Å². The summed E-state index contributed by atoms with van der Waals surface area (Å²) in [6, 6.07) is 14.5. The van der Waals surface area contributed by atoms with Gasteiger partial charge in [-0.3, -0.25) is 4.79 Å². The number of amides is 1. The third-order valence-corrected chi connectivity index (χ3v) is 4.24. The van der Waals surface area contributed by atoms with Crippen LogP contribution >= 0.6 is 15.9 Å². The Kier molecular flexibility index (Phi) is 3.86. The number of nitrogens with zero attached hydrogens (tertiary/aromatic N) is 2. The fraction of sp³-hybridized carbons (Fsp3) is 0.176. The van der Waals surface area contributed by atoms with E-state index >= 15 is 0 Å². The van der Waals surface area contributed by atoms with E-state index in [-0.39, 0.29) is 5.91 Å². The lowest BCUT2D eigenvalue weighted by Crippen LogP contribution is -2.28. The largest absolute Gasteiger partial charge is 0.497 e. The van der Waals surface area contributed by atoms with E-state index < -0.39 is 6.04 Å². The molecule has 2 aromatic rings. The molecule has 3 rings (SSSR count). The second kappa shape index (κ2) is 5.82. The highest BCUT2D eigenvalue weighted by Crippen LogP contribution is 2.33. The summed E-state index contributed by atoms with van der Waals surface area (Å²) in [6.45, 7) is 0.441. The summed E-state index contributed by atoms with van der Waals surface area (Å²) in [7, 11) is 1.58. The first kappa shape index (κ1) is 14.6. The van der Waals surface area contributed by atoms with E-state index in [2.05, 4.69) is 22.0 Å². The Morgan fingerprint density at radius 1 is 1.32 bits per heavy atom. The number of methoxy groups -OCH3 is 1. The SMILES string of the molecule is COc1cccc(C(C#N)N2Cc3ccc(Br)cc3C2=O)c1. The summed E-state index contributed by atoms with van der Waals surface area (Å²) in [6.07, 6.45) is 0. The smallest absolute Gasteiger partial charge is 0.255 e. The van der Waals surface area contributed by atoms with Crippen molar-refractivity contribution in [2.75, 3.05) is 7.11 Å². The molecule has 0 saturated carbocycles. The van der Waals surface area contributed by atoms with E-state index in [9.17, 15) is 10.1 Å². The molecule has 2 aromatic carbocycles. The molecular formula is C17H13BrN2O2. The number of ether oxygens (including phenoxy) is 1. The maximum Gasteiger partial charge on any atom is 0.255 e. The molecule has 0 fully saturated rings. The van der Waals surface area contributed by atoms with Gasteiger partial charge in [-0.2, -0.15) is 5.26 Å². The van der Waals surface area contributed by atoms with Crippen LogP contribution in [0.2, 0.25) is 0 Å². The molecule has 1 amide bonds. The predicted molar refractivity (Wildman–Crippen MR) is 85.4 cm³/mol. The van der Waals surface area contributed by atoms with Crippen LogP contribution in [0.1, 0.15) is 27.5 Å². The number of fused-ring (bicyclic) bond motifs is 1. The van der Waals surface area contributed by atoms with Crippen LogP contribution in [-0.2, 0) is 6.54 Å². The molecule has 1 aliphatic heterocycles. The Balaban J connectivity index is 1.96. The van der Waals surface area contributed by atoms with Gasteiger partial charge in [-0.25, -0.2) is 0 Å². The average molecular weight is 357 g/mol. The van der Waals surface area contributed by atoms with Crippen molar-refractivity contribution in [1.29, 1.82) is 5.26 Å². The molecule has 1 heterocycles. The van der Waals surface area contributed by atoms with Gasteiger partial charge in [0.25, 0.3) is 5.91 Å². The van der Waals surface area contributed by atoms with Crippen molar-refractivity contribution in [2.24, 2.45) is 0 Å². The molecule has 0 spiro atoms. The zero-order chi connectivity index (χ0) is 15.7. The minimum atomic E-state index is -0.631. The zero-order valence-electron chi connectivity index (χ0n) is 11.9. The maximum absolute atomic E-state index is 12.6. The van der Waals surface area contributed by atoms with Crippen LogP contribution < -0.4 is 4.74 Å². The summed E-state index contributed by atoms with van der Waals surface area (Å²) >= 11 is 3.38. The van der Waals surface area contributed by atoms with Crippen LogP contribution in [0.25, 0.3) is 0 Å². The van der Waals surface area contributed by atoms with Crippen molar-refractivity contribution in [1.82, 2.24) is 4.90 Å². The first-order chi connectivity index (χ1) is 10.6. The Morgan fingerprint density at radius 3 is 2.86 bits per heavy atom. The van der Waals surface area contributed by atoms with Crippen molar-refractivity contribution in [3.8, 4) is 11.8 Å². The minimum absolute atomic E-state index is 0.120. The highest BCUT2D eigenvalue weighted by Gasteiger charge is 2.33. The highest BCUT2D eigenvalue weighted by atomic mass is 79.9. The van der Waals surface area contributed by atoms with Crippen molar-refractivity contribution in [2.45, 2.75) is 12.6 Å². The van der Waals surface area contributed by atoms with Gasteiger partial charge in [-0.15, -0.1) is 0 Å². The number of benzene rings is 2. The molecular weight excluding hydrogens is 344 g/mol. The van der Waals surface area contributed by atoms with E-state index in [0.717, 1.165) is 15.6 Å². The van der Waals surface area contributed by atoms with Crippen LogP contribution in [0.15, 0.2) is 46.9 Å². The molecule has 1 aliphatic rings. The number of rotatable bonds is 3. The molecule has 0 aromatic heterocycles. The molecule has 5 heteroatoms. The first-order valence-electron chi connectivity index (χ1n) is 6.77. The van der Waals surface area contributed by atoms with E-state index in [1.54, 1.807) is 24.1 Å². The molecule has 0 aliphatic carbocycles. The quantitative estimate of drug-likeness (QED) is 0.842. The standard InChI is InChI=1S/C17H13BrN2O2/c1-22-14-4-2-3-11(7-14)16(9-19)20-10-12-5-6-13(18)8-15(12)17(20)21/h2-8,16H,10H2,1H3. The van der Waals surface area contributed by atoms with Gasteiger partial charge in [0.15, 0.2) is 0 Å². The number of hydrogen-bond acceptors (Lipinski definition) is 3. The summed E-state index contributed by atoms with van der Waals surface area (Å²) in [5.41, 5.74) is 2.34. The lowest BCUT2D eigenvalue weighted by Gasteiger charge is -2.22. The fourth-order valence-electron chi connectivity index (χ4n) is 2.64. The molecule has 1 atom stereocenters. The van der Waals surface area contributed by atoms with Gasteiger partial charge in [-0.05, 0) is 35.4 Å². The Morgan fingerprint density at radius 2 is 2.14 bits per heavy atom. The van der Waals surface area contributed by atoms with Crippen LogP contribution in [-0.4, -0.2) is 17.9 Å². The summed E-state index contributed by atoms with van der Waals surface area (Å²) in [5.74, 6) is 0.551. The van der Waals surface area contributed by atoms with Gasteiger partial charge in [0.2, 0.25) is 0 Å². The maximum atomic E-state index is 12.6. The van der Waals surface area contributed by atoms with E-state index in [0.29, 0.717) is 17.9 Å². The summed E-state index contributed by atoms with van der Waals surface area (Å²) in [5, 5.41) is 9.56. The molecule has 0 radical (unpaired) electrons. The second-order valence-electron chi connectivity index (χ2n) is 5.04. The summed E-state index contributed by atoms with van der Waals surface area (Å²) in [4.78, 5) is 14.2. The van der Waals surface area contributed by atoms with Gasteiger partial charge in [0.05, 0.1) is 13.2 Å². The van der Waals surface area contributed by atoms with Crippen molar-refractivity contribution < 1.29 is 9.53 Å². The molecule has 0 N–H and O–H groups in total. The van der Waals surface area contributed by atoms with Gasteiger partial charge < -0.3 is 9.64 Å². The monoisotopic (exact) mass is 356 g/mol. The van der Waals surface area contributed by atoms with Crippen molar-refractivity contribution >= 4 is 21.8 Å². The van der Waals surface area contributed by atoms with E-state index in [4.69, 9.17) is 4.74 Å². The fourth-order valence-corrected chi connectivity index (χ4v) is 3.00. The van der Waals surface area contributed by atoms with Crippen molar-refractivity contribution in [3.05, 3.63) is 63.6 Å². The third kappa shape index (κ3) is 2.46. The molecule has 22 heavy (non-hydrogen) atoms. The second-order valence-corrected chi connectivity index (χ2v) is 5.96. The minimum Gasteiger partial charge on any atom is -0.497 e. The molecule has 1 unspecified atom stereocenters. The third-order valence-electron chi connectivity index (χ3n) is 3.75. The molecule has 0 bridgehead atoms. The number of hydrogen-bond donors (Lipinski definition) is 0. The number of nitriles is 1. The molecule has 110 valence electrons. The zero-order valence-corrected chi connectivity index (χ0v) is 13.5. The van der Waals surface area contributed by atoms with E-state index in [1.807, 2.05) is 30.3 Å². The topological polar surface area (TPSA) is 53.3 Å².